The van der Waals surface area contributed by atoms with E-state index in [1.54, 1.807) is 63.2 Å². The molecule has 3 aromatic rings. The monoisotopic (exact) mass is 536 g/mol. The molecule has 0 bridgehead atoms. The fourth-order valence-corrected chi connectivity index (χ4v) is 5.35. The standard InChI is InChI=1S/C28H28N2O7S/c1-6-36-20-11-9-8-10-19(20)22-21(23(31)18-13-12-17(35-5)14-15(18)3)24(32)26(33)30(22)28-29-16(4)25(38-28)27(34)37-7-2/h8-14,22,31H,6-7H2,1-5H3/t22-/m1/s1. The Balaban J connectivity index is 1.96. The molecule has 38 heavy (non-hydrogen) atoms. The average Bonchev–Trinajstić information content (AvgIpc) is 3.40. The van der Waals surface area contributed by atoms with Crippen molar-refractivity contribution in [2.24, 2.45) is 0 Å². The number of thiazole rings is 1. The lowest BCUT2D eigenvalue weighted by Gasteiger charge is -2.25. The molecule has 1 N–H and O–H groups in total. The quantitative estimate of drug-likeness (QED) is 0.186. The van der Waals surface area contributed by atoms with Crippen molar-refractivity contribution in [1.82, 2.24) is 4.98 Å². The summed E-state index contributed by atoms with van der Waals surface area (Å²) in [4.78, 5) is 45.4. The van der Waals surface area contributed by atoms with Crippen LogP contribution in [-0.2, 0) is 14.3 Å². The summed E-state index contributed by atoms with van der Waals surface area (Å²) in [6, 6.07) is 11.0. The highest BCUT2D eigenvalue weighted by molar-refractivity contribution is 7.17. The molecule has 2 aromatic carbocycles. The Kier molecular flexibility index (Phi) is 7.82. The minimum absolute atomic E-state index is 0.110. The number of amides is 1. The number of aryl methyl sites for hydroxylation is 2. The molecular formula is C28H28N2O7S. The minimum Gasteiger partial charge on any atom is -0.507 e. The Hall–Kier alpha value is -4.18. The van der Waals surface area contributed by atoms with Crippen LogP contribution >= 0.6 is 11.3 Å². The van der Waals surface area contributed by atoms with Crippen LogP contribution in [0.25, 0.3) is 5.76 Å². The number of rotatable bonds is 8. The van der Waals surface area contributed by atoms with Crippen molar-refractivity contribution in [2.45, 2.75) is 33.7 Å². The Morgan fingerprint density at radius 3 is 2.50 bits per heavy atom. The summed E-state index contributed by atoms with van der Waals surface area (Å²) >= 11 is 0.952. The Morgan fingerprint density at radius 1 is 1.11 bits per heavy atom. The van der Waals surface area contributed by atoms with Crippen LogP contribution in [-0.4, -0.2) is 48.1 Å². The second-order valence-corrected chi connectivity index (χ2v) is 9.43. The summed E-state index contributed by atoms with van der Waals surface area (Å²) in [7, 11) is 1.53. The summed E-state index contributed by atoms with van der Waals surface area (Å²) in [5, 5.41) is 11.6. The number of aromatic nitrogens is 1. The summed E-state index contributed by atoms with van der Waals surface area (Å²) in [6.45, 7) is 7.44. The number of Topliss-reactive ketones (excluding diaryl/α,β-unsaturated/α-hetero) is 1. The van der Waals surface area contributed by atoms with Gasteiger partial charge in [-0.25, -0.2) is 9.78 Å². The first-order valence-corrected chi connectivity index (χ1v) is 12.9. The number of carbonyl (C=O) groups excluding carboxylic acids is 3. The van der Waals surface area contributed by atoms with E-state index in [1.165, 1.54) is 12.0 Å². The van der Waals surface area contributed by atoms with Crippen LogP contribution in [0.1, 0.15) is 51.9 Å². The van der Waals surface area contributed by atoms with Gasteiger partial charge < -0.3 is 19.3 Å². The lowest BCUT2D eigenvalue weighted by Crippen LogP contribution is -2.29. The lowest BCUT2D eigenvalue weighted by atomic mass is 9.93. The number of ketones is 1. The molecule has 0 radical (unpaired) electrons. The molecule has 9 nitrogen and oxygen atoms in total. The Morgan fingerprint density at radius 2 is 1.84 bits per heavy atom. The maximum atomic E-state index is 13.5. The zero-order chi connectivity index (χ0) is 27.6. The average molecular weight is 537 g/mol. The van der Waals surface area contributed by atoms with Gasteiger partial charge in [0.2, 0.25) is 0 Å². The maximum absolute atomic E-state index is 13.5. The molecule has 1 fully saturated rings. The molecule has 1 atom stereocenters. The van der Waals surface area contributed by atoms with Crippen molar-refractivity contribution < 1.29 is 33.7 Å². The number of para-hydroxylation sites is 1. The van der Waals surface area contributed by atoms with E-state index in [4.69, 9.17) is 14.2 Å². The number of aliphatic hydroxyl groups is 1. The molecule has 1 aromatic heterocycles. The van der Waals surface area contributed by atoms with Gasteiger partial charge in [-0.15, -0.1) is 0 Å². The zero-order valence-electron chi connectivity index (χ0n) is 21.7. The second-order valence-electron chi connectivity index (χ2n) is 8.45. The molecule has 1 aliphatic rings. The zero-order valence-corrected chi connectivity index (χ0v) is 22.5. The van der Waals surface area contributed by atoms with E-state index in [1.807, 2.05) is 6.92 Å². The van der Waals surface area contributed by atoms with Crippen LogP contribution in [0.15, 0.2) is 48.0 Å². The lowest BCUT2D eigenvalue weighted by molar-refractivity contribution is -0.132. The number of benzene rings is 2. The van der Waals surface area contributed by atoms with Crippen LogP contribution in [0.5, 0.6) is 11.5 Å². The Labute approximate surface area is 224 Å². The number of anilines is 1. The van der Waals surface area contributed by atoms with Crippen LogP contribution in [0.2, 0.25) is 0 Å². The highest BCUT2D eigenvalue weighted by Crippen LogP contribution is 2.46. The van der Waals surface area contributed by atoms with Gasteiger partial charge in [-0.2, -0.15) is 0 Å². The molecule has 0 unspecified atom stereocenters. The van der Waals surface area contributed by atoms with Gasteiger partial charge in [0, 0.05) is 11.1 Å². The number of hydrogen-bond donors (Lipinski definition) is 1. The van der Waals surface area contributed by atoms with E-state index in [-0.39, 0.29) is 27.9 Å². The van der Waals surface area contributed by atoms with Gasteiger partial charge in [-0.3, -0.25) is 14.5 Å². The number of esters is 1. The van der Waals surface area contributed by atoms with Crippen LogP contribution in [0, 0.1) is 13.8 Å². The number of hydrogen-bond acceptors (Lipinski definition) is 9. The smallest absolute Gasteiger partial charge is 0.350 e. The summed E-state index contributed by atoms with van der Waals surface area (Å²) in [5.74, 6) is -1.62. The van der Waals surface area contributed by atoms with Crippen molar-refractivity contribution in [2.75, 3.05) is 25.2 Å². The summed E-state index contributed by atoms with van der Waals surface area (Å²) in [5.41, 5.74) is 1.78. The summed E-state index contributed by atoms with van der Waals surface area (Å²) < 4.78 is 16.2. The van der Waals surface area contributed by atoms with E-state index in [2.05, 4.69) is 4.98 Å². The van der Waals surface area contributed by atoms with Gasteiger partial charge in [-0.1, -0.05) is 29.5 Å². The van der Waals surface area contributed by atoms with Crippen molar-refractivity contribution >= 4 is 39.9 Å². The van der Waals surface area contributed by atoms with E-state index >= 15 is 0 Å². The Bertz CT molecular complexity index is 1440. The van der Waals surface area contributed by atoms with Gasteiger partial charge in [-0.05, 0) is 57.5 Å². The molecule has 1 saturated heterocycles. The normalized spacial score (nSPS) is 16.6. The van der Waals surface area contributed by atoms with Crippen LogP contribution in [0.3, 0.4) is 0 Å². The number of aliphatic hydroxyl groups excluding tert-OH is 1. The largest absolute Gasteiger partial charge is 0.507 e. The molecule has 0 spiro atoms. The van der Waals surface area contributed by atoms with Gasteiger partial charge >= 0.3 is 11.9 Å². The van der Waals surface area contributed by atoms with E-state index in [0.717, 1.165) is 11.3 Å². The maximum Gasteiger partial charge on any atom is 0.350 e. The molecular weight excluding hydrogens is 508 g/mol. The fourth-order valence-electron chi connectivity index (χ4n) is 4.36. The van der Waals surface area contributed by atoms with Gasteiger partial charge in [0.25, 0.3) is 5.78 Å². The molecule has 4 rings (SSSR count). The third kappa shape index (κ3) is 4.74. The van der Waals surface area contributed by atoms with E-state index < -0.39 is 23.7 Å². The third-order valence-corrected chi connectivity index (χ3v) is 7.24. The van der Waals surface area contributed by atoms with Crippen molar-refractivity contribution in [3.05, 3.63) is 75.3 Å². The third-order valence-electron chi connectivity index (χ3n) is 6.10. The predicted octanol–water partition coefficient (Wildman–Crippen LogP) is 4.97. The topological polar surface area (TPSA) is 115 Å². The van der Waals surface area contributed by atoms with E-state index in [0.29, 0.717) is 40.5 Å². The summed E-state index contributed by atoms with van der Waals surface area (Å²) in [6.07, 6.45) is 0. The highest BCUT2D eigenvalue weighted by atomic mass is 32.1. The molecule has 0 saturated carbocycles. The minimum atomic E-state index is -1.06. The SMILES string of the molecule is CCOC(=O)c1sc(N2C(=O)C(=O)C(=C(O)c3ccc(OC)cc3C)[C@H]2c2ccccc2OCC)nc1C. The first-order chi connectivity index (χ1) is 18.2. The molecule has 0 aliphatic carbocycles. The van der Waals surface area contributed by atoms with Crippen molar-refractivity contribution in [3.8, 4) is 11.5 Å². The molecule has 1 aliphatic heterocycles. The van der Waals surface area contributed by atoms with Crippen molar-refractivity contribution in [1.29, 1.82) is 0 Å². The first-order valence-electron chi connectivity index (χ1n) is 12.1. The fraction of sp³-hybridized carbons (Fsp3) is 0.286. The highest BCUT2D eigenvalue weighted by Gasteiger charge is 2.49. The molecule has 1 amide bonds. The van der Waals surface area contributed by atoms with Gasteiger partial charge in [0.05, 0.1) is 31.6 Å². The van der Waals surface area contributed by atoms with Gasteiger partial charge in [0.1, 0.15) is 28.2 Å². The number of ether oxygens (including phenoxy) is 3. The van der Waals surface area contributed by atoms with Crippen LogP contribution in [0.4, 0.5) is 5.13 Å². The van der Waals surface area contributed by atoms with Crippen LogP contribution < -0.4 is 14.4 Å². The second kappa shape index (κ2) is 11.1. The predicted molar refractivity (Wildman–Crippen MR) is 143 cm³/mol. The number of nitrogens with zero attached hydrogens (tertiary/aromatic N) is 2. The van der Waals surface area contributed by atoms with E-state index in [9.17, 15) is 19.5 Å². The van der Waals surface area contributed by atoms with Gasteiger partial charge in [0.15, 0.2) is 5.13 Å². The van der Waals surface area contributed by atoms with Crippen molar-refractivity contribution in [3.63, 3.8) is 0 Å². The number of carbonyl (C=O) groups is 3. The molecule has 10 heteroatoms. The molecule has 198 valence electrons. The number of methoxy groups -OCH3 is 1. The first kappa shape index (κ1) is 26.9. The molecule has 2 heterocycles.